The summed E-state index contributed by atoms with van der Waals surface area (Å²) in [6.45, 7) is 0. The van der Waals surface area contributed by atoms with Crippen LogP contribution in [0.25, 0.3) is 22.8 Å². The van der Waals surface area contributed by atoms with Crippen molar-refractivity contribution >= 4 is 33.2 Å². The van der Waals surface area contributed by atoms with Crippen LogP contribution >= 0.6 is 23.4 Å². The molecular weight excluding hydrogens is 428 g/mol. The number of aromatic nitrogens is 2. The van der Waals surface area contributed by atoms with Crippen LogP contribution in [-0.2, 0) is 9.84 Å². The molecule has 0 fully saturated rings. The van der Waals surface area contributed by atoms with Crippen LogP contribution in [0, 0.1) is 0 Å². The maximum Gasteiger partial charge on any atom is 0.246 e. The average Bonchev–Trinajstić information content (AvgIpc) is 3.14. The minimum Gasteiger partial charge on any atom is -0.427 e. The van der Waals surface area contributed by atoms with Gasteiger partial charge in [-0.1, -0.05) is 29.8 Å². The Bertz CT molecular complexity index is 1240. The first-order chi connectivity index (χ1) is 13.9. The van der Waals surface area contributed by atoms with E-state index in [1.807, 2.05) is 30.3 Å². The second-order valence-corrected chi connectivity index (χ2v) is 9.72. The highest BCUT2D eigenvalue weighted by atomic mass is 35.5. The lowest BCUT2D eigenvalue weighted by Gasteiger charge is -2.03. The molecule has 0 radical (unpaired) electrons. The summed E-state index contributed by atoms with van der Waals surface area (Å²) in [6, 6.07) is 19.5. The summed E-state index contributed by atoms with van der Waals surface area (Å²) in [6.07, 6.45) is 2.85. The maximum atomic E-state index is 11.7. The predicted octanol–water partition coefficient (Wildman–Crippen LogP) is 5.61. The van der Waals surface area contributed by atoms with Gasteiger partial charge in [-0.3, -0.25) is 4.98 Å². The number of rotatable bonds is 5. The van der Waals surface area contributed by atoms with Crippen molar-refractivity contribution < 1.29 is 12.8 Å². The molecule has 0 saturated heterocycles. The van der Waals surface area contributed by atoms with Gasteiger partial charge in [-0.05, 0) is 60.3 Å². The SMILES string of the molecule is CS(=O)(=O)c1ccc(-c2nc(-c3ccccn3)oc2Sc2ccc(Cl)cc2)cc1. The third-order valence-electron chi connectivity index (χ3n) is 4.06. The highest BCUT2D eigenvalue weighted by Crippen LogP contribution is 2.39. The highest BCUT2D eigenvalue weighted by molar-refractivity contribution is 7.99. The van der Waals surface area contributed by atoms with E-state index in [9.17, 15) is 8.42 Å². The van der Waals surface area contributed by atoms with Gasteiger partial charge in [0.2, 0.25) is 5.89 Å². The van der Waals surface area contributed by atoms with Crippen molar-refractivity contribution in [1.82, 2.24) is 9.97 Å². The summed E-state index contributed by atoms with van der Waals surface area (Å²) in [7, 11) is -3.27. The van der Waals surface area contributed by atoms with Gasteiger partial charge in [0.15, 0.2) is 14.9 Å². The summed E-state index contributed by atoms with van der Waals surface area (Å²) >= 11 is 7.38. The molecule has 0 saturated carbocycles. The van der Waals surface area contributed by atoms with Gasteiger partial charge in [-0.2, -0.15) is 0 Å². The standard InChI is InChI=1S/C21H15ClN2O3S2/c1-29(25,26)17-11-5-14(6-12-17)19-21(28-16-9-7-15(22)8-10-16)27-20(24-19)18-4-2-3-13-23-18/h2-13H,1H3. The Kier molecular flexibility index (Phi) is 5.45. The molecule has 4 rings (SSSR count). The lowest BCUT2D eigenvalue weighted by molar-refractivity contribution is 0.484. The van der Waals surface area contributed by atoms with E-state index in [2.05, 4.69) is 9.97 Å². The molecule has 29 heavy (non-hydrogen) atoms. The molecule has 4 aromatic rings. The van der Waals surface area contributed by atoms with Gasteiger partial charge in [0.25, 0.3) is 0 Å². The van der Waals surface area contributed by atoms with Crippen LogP contribution in [0.2, 0.25) is 5.02 Å². The zero-order valence-corrected chi connectivity index (χ0v) is 17.6. The largest absolute Gasteiger partial charge is 0.427 e. The Morgan fingerprint density at radius 2 is 1.69 bits per heavy atom. The molecule has 2 aromatic heterocycles. The molecule has 2 aromatic carbocycles. The summed E-state index contributed by atoms with van der Waals surface area (Å²) in [5, 5.41) is 1.23. The molecule has 0 unspecified atom stereocenters. The second kappa shape index (κ2) is 8.02. The fourth-order valence-corrected chi connectivity index (χ4v) is 4.25. The van der Waals surface area contributed by atoms with Gasteiger partial charge in [0.05, 0.1) is 4.90 Å². The lowest BCUT2D eigenvalue weighted by atomic mass is 10.2. The number of hydrogen-bond acceptors (Lipinski definition) is 6. The van der Waals surface area contributed by atoms with Gasteiger partial charge >= 0.3 is 0 Å². The summed E-state index contributed by atoms with van der Waals surface area (Å²) < 4.78 is 29.5. The van der Waals surface area contributed by atoms with E-state index in [1.54, 1.807) is 42.6 Å². The maximum absolute atomic E-state index is 11.7. The van der Waals surface area contributed by atoms with Gasteiger partial charge in [0, 0.05) is 27.9 Å². The predicted molar refractivity (Wildman–Crippen MR) is 114 cm³/mol. The van der Waals surface area contributed by atoms with Crippen LogP contribution in [0.4, 0.5) is 0 Å². The third kappa shape index (κ3) is 4.53. The Hall–Kier alpha value is -2.61. The van der Waals surface area contributed by atoms with Gasteiger partial charge in [-0.25, -0.2) is 13.4 Å². The first-order valence-electron chi connectivity index (χ1n) is 8.56. The molecule has 5 nitrogen and oxygen atoms in total. The number of pyridine rings is 1. The van der Waals surface area contributed by atoms with E-state index in [1.165, 1.54) is 18.0 Å². The highest BCUT2D eigenvalue weighted by Gasteiger charge is 2.19. The van der Waals surface area contributed by atoms with E-state index >= 15 is 0 Å². The molecular formula is C21H15ClN2O3S2. The fourth-order valence-electron chi connectivity index (χ4n) is 2.63. The fraction of sp³-hybridized carbons (Fsp3) is 0.0476. The molecule has 8 heteroatoms. The molecule has 0 aliphatic rings. The molecule has 0 spiro atoms. The Morgan fingerprint density at radius 3 is 2.31 bits per heavy atom. The van der Waals surface area contributed by atoms with Crippen molar-refractivity contribution in [1.29, 1.82) is 0 Å². The number of halogens is 1. The van der Waals surface area contributed by atoms with E-state index in [-0.39, 0.29) is 4.90 Å². The van der Waals surface area contributed by atoms with E-state index in [0.29, 0.717) is 27.4 Å². The molecule has 0 atom stereocenters. The Balaban J connectivity index is 1.78. The van der Waals surface area contributed by atoms with Crippen LogP contribution in [0.1, 0.15) is 0 Å². The van der Waals surface area contributed by atoms with Crippen LogP contribution in [0.5, 0.6) is 0 Å². The monoisotopic (exact) mass is 442 g/mol. The zero-order chi connectivity index (χ0) is 20.4. The second-order valence-electron chi connectivity index (χ2n) is 6.22. The smallest absolute Gasteiger partial charge is 0.246 e. The van der Waals surface area contributed by atoms with E-state index < -0.39 is 9.84 Å². The zero-order valence-electron chi connectivity index (χ0n) is 15.2. The Morgan fingerprint density at radius 1 is 0.966 bits per heavy atom. The minimum atomic E-state index is -3.27. The first kappa shape index (κ1) is 19.7. The van der Waals surface area contributed by atoms with Crippen LogP contribution in [0.3, 0.4) is 0 Å². The number of oxazole rings is 1. The minimum absolute atomic E-state index is 0.251. The van der Waals surface area contributed by atoms with E-state index in [4.69, 9.17) is 16.0 Å². The average molecular weight is 443 g/mol. The van der Waals surface area contributed by atoms with Crippen molar-refractivity contribution in [3.05, 3.63) is 77.9 Å². The normalized spacial score (nSPS) is 11.5. The Labute approximate surface area is 177 Å². The van der Waals surface area contributed by atoms with Crippen molar-refractivity contribution in [2.45, 2.75) is 14.9 Å². The van der Waals surface area contributed by atoms with Crippen molar-refractivity contribution in [2.75, 3.05) is 6.26 Å². The number of nitrogens with zero attached hydrogens (tertiary/aromatic N) is 2. The first-order valence-corrected chi connectivity index (χ1v) is 11.6. The molecule has 2 heterocycles. The number of benzene rings is 2. The number of hydrogen-bond donors (Lipinski definition) is 0. The van der Waals surface area contributed by atoms with E-state index in [0.717, 1.165) is 10.5 Å². The molecule has 0 amide bonds. The van der Waals surface area contributed by atoms with Crippen molar-refractivity contribution in [2.24, 2.45) is 0 Å². The topological polar surface area (TPSA) is 73.1 Å². The van der Waals surface area contributed by atoms with Gasteiger partial charge in [-0.15, -0.1) is 0 Å². The van der Waals surface area contributed by atoms with Gasteiger partial charge in [0.1, 0.15) is 11.4 Å². The summed E-state index contributed by atoms with van der Waals surface area (Å²) in [5.41, 5.74) is 1.98. The van der Waals surface area contributed by atoms with Crippen molar-refractivity contribution in [3.8, 4) is 22.8 Å². The summed E-state index contributed by atoms with van der Waals surface area (Å²) in [5.74, 6) is 0.393. The molecule has 146 valence electrons. The molecule has 0 aliphatic heterocycles. The van der Waals surface area contributed by atoms with Gasteiger partial charge < -0.3 is 4.42 Å². The van der Waals surface area contributed by atoms with Crippen LogP contribution in [-0.4, -0.2) is 24.6 Å². The molecule has 0 N–H and O–H groups in total. The number of sulfone groups is 1. The summed E-state index contributed by atoms with van der Waals surface area (Å²) in [4.78, 5) is 10.1. The quantitative estimate of drug-likeness (QED) is 0.400. The molecule has 0 aliphatic carbocycles. The molecule has 0 bridgehead atoms. The lowest BCUT2D eigenvalue weighted by Crippen LogP contribution is -1.96. The van der Waals surface area contributed by atoms with Crippen molar-refractivity contribution in [3.63, 3.8) is 0 Å². The van der Waals surface area contributed by atoms with Crippen LogP contribution < -0.4 is 0 Å². The third-order valence-corrected chi connectivity index (χ3v) is 6.41. The van der Waals surface area contributed by atoms with Crippen LogP contribution in [0.15, 0.2) is 92.2 Å².